The molecule has 1 aliphatic heterocycles. The summed E-state index contributed by atoms with van der Waals surface area (Å²) in [5.41, 5.74) is 3.53. The molecule has 5 nitrogen and oxygen atoms in total. The first-order chi connectivity index (χ1) is 8.50. The zero-order valence-corrected chi connectivity index (χ0v) is 10.8. The summed E-state index contributed by atoms with van der Waals surface area (Å²) < 4.78 is 0. The monoisotopic (exact) mass is 264 g/mol. The van der Waals surface area contributed by atoms with E-state index in [1.165, 1.54) is 0 Å². The lowest BCUT2D eigenvalue weighted by atomic mass is 10.1. The van der Waals surface area contributed by atoms with Crippen LogP contribution in [0.1, 0.15) is 19.8 Å². The van der Waals surface area contributed by atoms with E-state index >= 15 is 0 Å². The van der Waals surface area contributed by atoms with E-state index in [0.717, 1.165) is 5.69 Å². The largest absolute Gasteiger partial charge is 0.550 e. The summed E-state index contributed by atoms with van der Waals surface area (Å²) in [7, 11) is 0. The molecular formula is C12H14N3O2S-. The molecule has 0 saturated carbocycles. The van der Waals surface area contributed by atoms with Gasteiger partial charge in [-0.05, 0) is 44.1 Å². The average Bonchev–Trinajstić information content (AvgIpc) is 2.64. The zero-order chi connectivity index (χ0) is 13.2. The van der Waals surface area contributed by atoms with Crippen LogP contribution in [0.3, 0.4) is 0 Å². The summed E-state index contributed by atoms with van der Waals surface area (Å²) in [6, 6.07) is 9.59. The number of nitrogens with zero attached hydrogens (tertiary/aromatic N) is 1. The van der Waals surface area contributed by atoms with Crippen molar-refractivity contribution in [2.75, 3.05) is 5.01 Å². The molecule has 0 aromatic heterocycles. The van der Waals surface area contributed by atoms with Crippen LogP contribution in [-0.4, -0.2) is 16.7 Å². The van der Waals surface area contributed by atoms with Gasteiger partial charge in [-0.25, -0.2) is 5.43 Å². The molecule has 1 aromatic rings. The Morgan fingerprint density at radius 2 is 2.11 bits per heavy atom. The Labute approximate surface area is 111 Å². The van der Waals surface area contributed by atoms with Gasteiger partial charge in [-0.3, -0.25) is 5.01 Å². The fourth-order valence-corrected chi connectivity index (χ4v) is 2.22. The van der Waals surface area contributed by atoms with E-state index in [2.05, 4.69) is 10.7 Å². The van der Waals surface area contributed by atoms with E-state index in [1.807, 2.05) is 37.3 Å². The Morgan fingerprint density at radius 1 is 1.44 bits per heavy atom. The molecule has 0 spiro atoms. The SMILES string of the molecule is C[C@]1(CCC(=O)[O-])NC(=S)N(c2ccccc2)N1. The summed E-state index contributed by atoms with van der Waals surface area (Å²) in [6.45, 7) is 1.87. The Balaban J connectivity index is 2.09. The second-order valence-corrected chi connectivity index (χ2v) is 4.80. The lowest BCUT2D eigenvalue weighted by molar-refractivity contribution is -0.306. The molecule has 1 saturated heterocycles. The minimum absolute atomic E-state index is 0.0260. The lowest BCUT2D eigenvalue weighted by Gasteiger charge is -2.25. The third-order valence-electron chi connectivity index (χ3n) is 2.79. The first-order valence-corrected chi connectivity index (χ1v) is 6.06. The van der Waals surface area contributed by atoms with Crippen molar-refractivity contribution in [1.29, 1.82) is 0 Å². The van der Waals surface area contributed by atoms with Crippen molar-refractivity contribution in [1.82, 2.24) is 10.7 Å². The van der Waals surface area contributed by atoms with Gasteiger partial charge in [0.2, 0.25) is 0 Å². The number of hydrogen-bond donors (Lipinski definition) is 2. The first kappa shape index (κ1) is 12.8. The first-order valence-electron chi connectivity index (χ1n) is 5.65. The number of carboxylic acid groups (broad SMARTS) is 1. The molecular weight excluding hydrogens is 250 g/mol. The number of anilines is 1. The smallest absolute Gasteiger partial charge is 0.189 e. The maximum atomic E-state index is 10.5. The molecule has 1 aromatic carbocycles. The van der Waals surface area contributed by atoms with Gasteiger partial charge in [0.05, 0.1) is 5.69 Å². The third-order valence-corrected chi connectivity index (χ3v) is 3.07. The summed E-state index contributed by atoms with van der Waals surface area (Å²) in [5.74, 6) is -1.07. The predicted molar refractivity (Wildman–Crippen MR) is 70.4 cm³/mol. The van der Waals surface area contributed by atoms with Gasteiger partial charge in [0.1, 0.15) is 5.66 Å². The van der Waals surface area contributed by atoms with Crippen LogP contribution in [-0.2, 0) is 4.79 Å². The quantitative estimate of drug-likeness (QED) is 0.754. The number of carbonyl (C=O) groups is 1. The lowest BCUT2D eigenvalue weighted by Crippen LogP contribution is -2.49. The number of hydrazine groups is 1. The average molecular weight is 264 g/mol. The van der Waals surface area contributed by atoms with Crippen molar-refractivity contribution in [2.45, 2.75) is 25.4 Å². The number of para-hydroxylation sites is 1. The van der Waals surface area contributed by atoms with Crippen LogP contribution in [0.2, 0.25) is 0 Å². The third kappa shape index (κ3) is 2.77. The Morgan fingerprint density at radius 3 is 2.72 bits per heavy atom. The number of aliphatic carboxylic acids is 1. The van der Waals surface area contributed by atoms with Crippen molar-refractivity contribution in [3.8, 4) is 0 Å². The standard InChI is InChI=1S/C12H15N3O2S/c1-12(8-7-10(16)17)13-11(18)15(14-12)9-5-3-2-4-6-9/h2-6,14H,7-8H2,1H3,(H,13,18)(H,16,17)/p-1/t12-/m0/s1. The molecule has 2 rings (SSSR count). The molecule has 6 heteroatoms. The van der Waals surface area contributed by atoms with E-state index in [-0.39, 0.29) is 6.42 Å². The maximum Gasteiger partial charge on any atom is 0.189 e. The predicted octanol–water partition coefficient (Wildman–Crippen LogP) is 0.132. The molecule has 0 amide bonds. The van der Waals surface area contributed by atoms with Crippen LogP contribution < -0.4 is 20.9 Å². The number of benzene rings is 1. The molecule has 96 valence electrons. The maximum absolute atomic E-state index is 10.5. The number of carboxylic acids is 1. The fourth-order valence-electron chi connectivity index (χ4n) is 1.85. The number of nitrogens with one attached hydrogen (secondary N) is 2. The van der Waals surface area contributed by atoms with E-state index in [1.54, 1.807) is 5.01 Å². The molecule has 0 radical (unpaired) electrons. The van der Waals surface area contributed by atoms with Crippen molar-refractivity contribution in [2.24, 2.45) is 0 Å². The number of thiocarbonyl (C=S) groups is 1. The molecule has 1 heterocycles. The van der Waals surface area contributed by atoms with Gasteiger partial charge in [0.25, 0.3) is 0 Å². The molecule has 0 unspecified atom stereocenters. The molecule has 0 bridgehead atoms. The minimum atomic E-state index is -1.07. The van der Waals surface area contributed by atoms with Gasteiger partial charge < -0.3 is 15.2 Å². The highest BCUT2D eigenvalue weighted by molar-refractivity contribution is 7.80. The second-order valence-electron chi connectivity index (χ2n) is 4.42. The molecule has 1 fully saturated rings. The summed E-state index contributed by atoms with van der Waals surface area (Å²) in [5, 5.41) is 15.9. The Kier molecular flexibility index (Phi) is 3.49. The van der Waals surface area contributed by atoms with Crippen LogP contribution >= 0.6 is 12.2 Å². The van der Waals surface area contributed by atoms with Gasteiger partial charge in [0.15, 0.2) is 5.11 Å². The second kappa shape index (κ2) is 4.91. The Bertz CT molecular complexity index is 466. The topological polar surface area (TPSA) is 67.4 Å². The van der Waals surface area contributed by atoms with Crippen molar-refractivity contribution in [3.63, 3.8) is 0 Å². The van der Waals surface area contributed by atoms with Crippen LogP contribution in [0.25, 0.3) is 0 Å². The highest BCUT2D eigenvalue weighted by Crippen LogP contribution is 2.21. The van der Waals surface area contributed by atoms with Gasteiger partial charge in [-0.1, -0.05) is 18.2 Å². The van der Waals surface area contributed by atoms with Gasteiger partial charge >= 0.3 is 0 Å². The summed E-state index contributed by atoms with van der Waals surface area (Å²) in [4.78, 5) is 10.5. The van der Waals surface area contributed by atoms with Crippen molar-refractivity contribution >= 4 is 29.0 Å². The van der Waals surface area contributed by atoms with E-state index in [4.69, 9.17) is 12.2 Å². The molecule has 18 heavy (non-hydrogen) atoms. The van der Waals surface area contributed by atoms with Crippen LogP contribution in [0.5, 0.6) is 0 Å². The van der Waals surface area contributed by atoms with Gasteiger partial charge in [-0.2, -0.15) is 0 Å². The Hall–Kier alpha value is -1.66. The molecule has 0 aliphatic carbocycles. The highest BCUT2D eigenvalue weighted by atomic mass is 32.1. The molecule has 2 N–H and O–H groups in total. The normalized spacial score (nSPS) is 22.9. The van der Waals surface area contributed by atoms with E-state index in [9.17, 15) is 9.90 Å². The minimum Gasteiger partial charge on any atom is -0.550 e. The van der Waals surface area contributed by atoms with Gasteiger partial charge in [0, 0.05) is 5.97 Å². The number of carbonyl (C=O) groups excluding carboxylic acids is 1. The summed E-state index contributed by atoms with van der Waals surface area (Å²) >= 11 is 5.24. The highest BCUT2D eigenvalue weighted by Gasteiger charge is 2.35. The van der Waals surface area contributed by atoms with Crippen molar-refractivity contribution < 1.29 is 9.90 Å². The fraction of sp³-hybridized carbons (Fsp3) is 0.333. The molecule has 1 atom stereocenters. The van der Waals surface area contributed by atoms with Gasteiger partial charge in [-0.15, -0.1) is 0 Å². The van der Waals surface area contributed by atoms with Crippen LogP contribution in [0.15, 0.2) is 30.3 Å². The zero-order valence-electron chi connectivity index (χ0n) is 9.97. The number of rotatable bonds is 4. The van der Waals surface area contributed by atoms with Crippen molar-refractivity contribution in [3.05, 3.63) is 30.3 Å². The number of hydrogen-bond acceptors (Lipinski definition) is 4. The van der Waals surface area contributed by atoms with Crippen LogP contribution in [0.4, 0.5) is 5.69 Å². The van der Waals surface area contributed by atoms with Crippen LogP contribution in [0, 0.1) is 0 Å². The van der Waals surface area contributed by atoms with E-state index < -0.39 is 11.6 Å². The summed E-state index contributed by atoms with van der Waals surface area (Å²) in [6.07, 6.45) is 0.362. The van der Waals surface area contributed by atoms with E-state index in [0.29, 0.717) is 11.5 Å². The molecule has 1 aliphatic rings.